The fraction of sp³-hybridized carbons (Fsp3) is 0.625. The van der Waals surface area contributed by atoms with E-state index in [-0.39, 0.29) is 17.9 Å². The molecule has 1 aromatic rings. The molecule has 1 aliphatic rings. The van der Waals surface area contributed by atoms with Gasteiger partial charge in [0.15, 0.2) is 0 Å². The van der Waals surface area contributed by atoms with Crippen molar-refractivity contribution in [1.82, 2.24) is 10.2 Å². The third-order valence-corrected chi connectivity index (χ3v) is 5.12. The predicted molar refractivity (Wildman–Crippen MR) is 86.9 cm³/mol. The van der Waals surface area contributed by atoms with Crippen LogP contribution in [0.4, 0.5) is 4.79 Å². The highest BCUT2D eigenvalue weighted by molar-refractivity contribution is 7.11. The molecular formula is C16H24N2O3S. The molecule has 0 saturated carbocycles. The largest absolute Gasteiger partial charge is 0.450 e. The number of carbonyl (C=O) groups excluding carboxylic acids is 2. The van der Waals surface area contributed by atoms with Crippen LogP contribution in [-0.4, -0.2) is 36.6 Å². The number of ether oxygens (including phenoxy) is 1. The number of hydrogen-bond acceptors (Lipinski definition) is 4. The van der Waals surface area contributed by atoms with Gasteiger partial charge in [-0.3, -0.25) is 4.79 Å². The summed E-state index contributed by atoms with van der Waals surface area (Å²) in [5.74, 6) is 0.0891. The average molecular weight is 324 g/mol. The molecule has 1 aromatic heterocycles. The lowest BCUT2D eigenvalue weighted by Gasteiger charge is -2.30. The Hall–Kier alpha value is -1.56. The topological polar surface area (TPSA) is 58.6 Å². The first-order chi connectivity index (χ1) is 10.6. The summed E-state index contributed by atoms with van der Waals surface area (Å²) in [6, 6.07) is 4.19. The zero-order chi connectivity index (χ0) is 15.9. The Morgan fingerprint density at radius 2 is 1.95 bits per heavy atom. The maximum Gasteiger partial charge on any atom is 0.409 e. The van der Waals surface area contributed by atoms with Crippen LogP contribution in [0, 0.1) is 5.92 Å². The van der Waals surface area contributed by atoms with Crippen molar-refractivity contribution in [1.29, 1.82) is 0 Å². The summed E-state index contributed by atoms with van der Waals surface area (Å²) >= 11 is 1.75. The predicted octanol–water partition coefficient (Wildman–Crippen LogP) is 2.80. The SMILES string of the molecule is CCOC(=O)N1CCC(C(=O)NCc2ccc(CC)s2)CC1. The van der Waals surface area contributed by atoms with Gasteiger partial charge in [0.25, 0.3) is 0 Å². The van der Waals surface area contributed by atoms with Gasteiger partial charge in [0.05, 0.1) is 13.2 Å². The summed E-state index contributed by atoms with van der Waals surface area (Å²) in [5, 5.41) is 3.01. The average Bonchev–Trinajstić information content (AvgIpc) is 3.01. The van der Waals surface area contributed by atoms with E-state index < -0.39 is 0 Å². The van der Waals surface area contributed by atoms with Gasteiger partial charge in [-0.2, -0.15) is 0 Å². The smallest absolute Gasteiger partial charge is 0.409 e. The van der Waals surface area contributed by atoms with E-state index in [1.165, 1.54) is 9.75 Å². The number of nitrogens with one attached hydrogen (secondary N) is 1. The second kappa shape index (κ2) is 8.17. The molecular weight excluding hydrogens is 300 g/mol. The maximum absolute atomic E-state index is 12.2. The minimum atomic E-state index is -0.271. The molecule has 1 saturated heterocycles. The van der Waals surface area contributed by atoms with E-state index in [9.17, 15) is 9.59 Å². The van der Waals surface area contributed by atoms with Crippen molar-refractivity contribution in [2.24, 2.45) is 5.92 Å². The molecule has 2 rings (SSSR count). The first kappa shape index (κ1) is 16.8. The Bertz CT molecular complexity index is 507. The molecule has 0 aliphatic carbocycles. The molecule has 0 aromatic carbocycles. The molecule has 0 unspecified atom stereocenters. The summed E-state index contributed by atoms with van der Waals surface area (Å²) in [7, 11) is 0. The first-order valence-corrected chi connectivity index (χ1v) is 8.72. The lowest BCUT2D eigenvalue weighted by molar-refractivity contribution is -0.126. The lowest BCUT2D eigenvalue weighted by Crippen LogP contribution is -2.43. The summed E-state index contributed by atoms with van der Waals surface area (Å²) in [6.07, 6.45) is 2.17. The summed E-state index contributed by atoms with van der Waals surface area (Å²) < 4.78 is 4.98. The molecule has 2 amide bonds. The molecule has 22 heavy (non-hydrogen) atoms. The number of piperidine rings is 1. The number of aryl methyl sites for hydroxylation is 1. The molecule has 1 aliphatic heterocycles. The second-order valence-electron chi connectivity index (χ2n) is 5.40. The van der Waals surface area contributed by atoms with Crippen molar-refractivity contribution in [2.45, 2.75) is 39.7 Å². The lowest BCUT2D eigenvalue weighted by atomic mass is 9.96. The number of rotatable bonds is 5. The van der Waals surface area contributed by atoms with Crippen molar-refractivity contribution in [2.75, 3.05) is 19.7 Å². The van der Waals surface area contributed by atoms with Crippen LogP contribution in [0.1, 0.15) is 36.4 Å². The van der Waals surface area contributed by atoms with Gasteiger partial charge in [-0.05, 0) is 38.3 Å². The van der Waals surface area contributed by atoms with Gasteiger partial charge in [0.1, 0.15) is 0 Å². The van der Waals surface area contributed by atoms with Gasteiger partial charge in [0, 0.05) is 28.8 Å². The Labute approximate surface area is 135 Å². The molecule has 6 heteroatoms. The Balaban J connectivity index is 1.74. The molecule has 0 atom stereocenters. The number of carbonyl (C=O) groups is 2. The van der Waals surface area contributed by atoms with E-state index in [0.717, 1.165) is 6.42 Å². The molecule has 2 heterocycles. The van der Waals surface area contributed by atoms with Crippen LogP contribution in [0.2, 0.25) is 0 Å². The van der Waals surface area contributed by atoms with Gasteiger partial charge in [-0.1, -0.05) is 6.92 Å². The van der Waals surface area contributed by atoms with Crippen LogP contribution >= 0.6 is 11.3 Å². The van der Waals surface area contributed by atoms with Crippen molar-refractivity contribution < 1.29 is 14.3 Å². The maximum atomic E-state index is 12.2. The second-order valence-corrected chi connectivity index (χ2v) is 6.65. The monoisotopic (exact) mass is 324 g/mol. The molecule has 0 spiro atoms. The molecule has 0 bridgehead atoms. The van der Waals surface area contributed by atoms with Crippen LogP contribution in [-0.2, 0) is 22.5 Å². The van der Waals surface area contributed by atoms with E-state index >= 15 is 0 Å². The zero-order valence-electron chi connectivity index (χ0n) is 13.3. The quantitative estimate of drug-likeness (QED) is 0.906. The highest BCUT2D eigenvalue weighted by Gasteiger charge is 2.27. The van der Waals surface area contributed by atoms with Crippen LogP contribution in [0.5, 0.6) is 0 Å². The van der Waals surface area contributed by atoms with Gasteiger partial charge in [-0.25, -0.2) is 4.79 Å². The van der Waals surface area contributed by atoms with Gasteiger partial charge in [-0.15, -0.1) is 11.3 Å². The van der Waals surface area contributed by atoms with Gasteiger partial charge < -0.3 is 15.0 Å². The van der Waals surface area contributed by atoms with Crippen molar-refractivity contribution in [3.8, 4) is 0 Å². The fourth-order valence-corrected chi connectivity index (χ4v) is 3.46. The minimum Gasteiger partial charge on any atom is -0.450 e. The molecule has 5 nitrogen and oxygen atoms in total. The zero-order valence-corrected chi connectivity index (χ0v) is 14.1. The van der Waals surface area contributed by atoms with Crippen LogP contribution in [0.3, 0.4) is 0 Å². The van der Waals surface area contributed by atoms with Crippen LogP contribution in [0.15, 0.2) is 12.1 Å². The normalized spacial score (nSPS) is 15.6. The molecule has 1 fully saturated rings. The highest BCUT2D eigenvalue weighted by atomic mass is 32.1. The highest BCUT2D eigenvalue weighted by Crippen LogP contribution is 2.20. The van der Waals surface area contributed by atoms with Crippen molar-refractivity contribution in [3.05, 3.63) is 21.9 Å². The molecule has 1 N–H and O–H groups in total. The third-order valence-electron chi connectivity index (χ3n) is 3.89. The fourth-order valence-electron chi connectivity index (χ4n) is 2.56. The van der Waals surface area contributed by atoms with Crippen molar-refractivity contribution in [3.63, 3.8) is 0 Å². The van der Waals surface area contributed by atoms with Crippen molar-refractivity contribution >= 4 is 23.3 Å². The summed E-state index contributed by atoms with van der Waals surface area (Å²) in [4.78, 5) is 28.0. The van der Waals surface area contributed by atoms with E-state index in [4.69, 9.17) is 4.74 Å². The number of thiophene rings is 1. The van der Waals surface area contributed by atoms with Gasteiger partial charge >= 0.3 is 6.09 Å². The van der Waals surface area contributed by atoms with Crippen LogP contribution < -0.4 is 5.32 Å². The summed E-state index contributed by atoms with van der Waals surface area (Å²) in [6.45, 7) is 6.10. The molecule has 0 radical (unpaired) electrons. The molecule has 122 valence electrons. The Kier molecular flexibility index (Phi) is 6.24. The van der Waals surface area contributed by atoms with Crippen LogP contribution in [0.25, 0.3) is 0 Å². The third kappa shape index (κ3) is 4.47. The van der Waals surface area contributed by atoms with E-state index in [1.807, 2.05) is 0 Å². The minimum absolute atomic E-state index is 0.00344. The standard InChI is InChI=1S/C16H24N2O3S/c1-3-13-5-6-14(22-13)11-17-15(19)12-7-9-18(10-8-12)16(20)21-4-2/h5-6,12H,3-4,7-11H2,1-2H3,(H,17,19). The Morgan fingerprint density at radius 3 is 2.55 bits per heavy atom. The number of hydrogen-bond donors (Lipinski definition) is 1. The number of likely N-dealkylation sites (tertiary alicyclic amines) is 1. The van der Waals surface area contributed by atoms with E-state index in [0.29, 0.717) is 39.1 Å². The first-order valence-electron chi connectivity index (χ1n) is 7.91. The Morgan fingerprint density at radius 1 is 1.27 bits per heavy atom. The van der Waals surface area contributed by atoms with E-state index in [1.54, 1.807) is 23.2 Å². The summed E-state index contributed by atoms with van der Waals surface area (Å²) in [5.41, 5.74) is 0. The van der Waals surface area contributed by atoms with E-state index in [2.05, 4.69) is 24.4 Å². The number of nitrogens with zero attached hydrogens (tertiary/aromatic N) is 1. The number of amides is 2. The van der Waals surface area contributed by atoms with Gasteiger partial charge in [0.2, 0.25) is 5.91 Å².